The molecular weight excluding hydrogens is 180 g/mol. The van der Waals surface area contributed by atoms with Crippen LogP contribution in [-0.4, -0.2) is 5.16 Å². The summed E-state index contributed by atoms with van der Waals surface area (Å²) < 4.78 is 10.4. The van der Waals surface area contributed by atoms with Crippen molar-refractivity contribution in [3.05, 3.63) is 35.4 Å². The fourth-order valence-electron chi connectivity index (χ4n) is 1.20. The Labute approximate surface area is 81.9 Å². The molecule has 0 aliphatic heterocycles. The number of furan rings is 1. The van der Waals surface area contributed by atoms with Crippen LogP contribution in [0.15, 0.2) is 27.1 Å². The van der Waals surface area contributed by atoms with Gasteiger partial charge in [-0.1, -0.05) is 5.16 Å². The van der Waals surface area contributed by atoms with Gasteiger partial charge in [-0.3, -0.25) is 0 Å². The van der Waals surface area contributed by atoms with E-state index in [9.17, 15) is 0 Å². The van der Waals surface area contributed by atoms with Gasteiger partial charge in [0, 0.05) is 6.07 Å². The molecule has 0 unspecified atom stereocenters. The summed E-state index contributed by atoms with van der Waals surface area (Å²) in [6, 6.07) is 5.71. The van der Waals surface area contributed by atoms with Crippen LogP contribution in [0.1, 0.15) is 17.2 Å². The van der Waals surface area contributed by atoms with E-state index in [-0.39, 0.29) is 0 Å². The summed E-state index contributed by atoms with van der Waals surface area (Å²) in [5, 5.41) is 6.84. The van der Waals surface area contributed by atoms with Crippen LogP contribution >= 0.6 is 0 Å². The summed E-state index contributed by atoms with van der Waals surface area (Å²) in [7, 11) is 0. The van der Waals surface area contributed by atoms with Crippen molar-refractivity contribution in [2.75, 3.05) is 5.32 Å². The lowest BCUT2D eigenvalue weighted by molar-refractivity contribution is 0.423. The molecule has 0 aromatic carbocycles. The molecule has 74 valence electrons. The minimum absolute atomic E-state index is 0.614. The zero-order valence-corrected chi connectivity index (χ0v) is 8.20. The Kier molecular flexibility index (Phi) is 2.26. The first-order valence-corrected chi connectivity index (χ1v) is 4.46. The van der Waals surface area contributed by atoms with Crippen molar-refractivity contribution in [1.82, 2.24) is 5.16 Å². The van der Waals surface area contributed by atoms with Crippen molar-refractivity contribution in [2.24, 2.45) is 0 Å². The fourth-order valence-corrected chi connectivity index (χ4v) is 1.20. The van der Waals surface area contributed by atoms with Crippen molar-refractivity contribution in [2.45, 2.75) is 20.4 Å². The highest BCUT2D eigenvalue weighted by molar-refractivity contribution is 5.31. The Morgan fingerprint density at radius 1 is 1.36 bits per heavy atom. The Hall–Kier alpha value is -1.71. The lowest BCUT2D eigenvalue weighted by Gasteiger charge is -1.97. The molecule has 0 fully saturated rings. The van der Waals surface area contributed by atoms with Gasteiger partial charge in [0.1, 0.15) is 11.5 Å². The number of aryl methyl sites for hydroxylation is 2. The summed E-state index contributed by atoms with van der Waals surface area (Å²) in [4.78, 5) is 0. The number of nitrogens with zero attached hydrogens (tertiary/aromatic N) is 1. The third kappa shape index (κ3) is 1.96. The van der Waals surface area contributed by atoms with E-state index in [2.05, 4.69) is 10.5 Å². The summed E-state index contributed by atoms with van der Waals surface area (Å²) in [6.07, 6.45) is 0. The highest BCUT2D eigenvalue weighted by atomic mass is 16.5. The minimum atomic E-state index is 0.614. The predicted molar refractivity (Wildman–Crippen MR) is 52.0 cm³/mol. The highest BCUT2D eigenvalue weighted by Gasteiger charge is 2.01. The molecule has 1 N–H and O–H groups in total. The summed E-state index contributed by atoms with van der Waals surface area (Å²) in [5.41, 5.74) is 0.864. The van der Waals surface area contributed by atoms with Crippen molar-refractivity contribution in [3.8, 4) is 0 Å². The first kappa shape index (κ1) is 8.87. The van der Waals surface area contributed by atoms with Crippen molar-refractivity contribution >= 4 is 5.88 Å². The molecule has 0 amide bonds. The molecule has 0 aliphatic rings. The fraction of sp³-hybridized carbons (Fsp3) is 0.300. The van der Waals surface area contributed by atoms with Crippen LogP contribution in [0.5, 0.6) is 0 Å². The molecule has 2 heterocycles. The van der Waals surface area contributed by atoms with Gasteiger partial charge in [0.25, 0.3) is 0 Å². The Bertz CT molecular complexity index is 377. The predicted octanol–water partition coefficient (Wildman–Crippen LogP) is 2.50. The van der Waals surface area contributed by atoms with Gasteiger partial charge < -0.3 is 14.3 Å². The Morgan fingerprint density at radius 3 is 2.79 bits per heavy atom. The zero-order valence-electron chi connectivity index (χ0n) is 8.20. The molecule has 0 saturated heterocycles. The second-order valence-corrected chi connectivity index (χ2v) is 3.20. The van der Waals surface area contributed by atoms with Gasteiger partial charge >= 0.3 is 0 Å². The molecular formula is C10H12N2O2. The van der Waals surface area contributed by atoms with Gasteiger partial charge in [-0.2, -0.15) is 0 Å². The number of hydrogen-bond acceptors (Lipinski definition) is 4. The topological polar surface area (TPSA) is 51.2 Å². The van der Waals surface area contributed by atoms with Crippen LogP contribution in [-0.2, 0) is 6.54 Å². The number of nitrogens with one attached hydrogen (secondary N) is 1. The zero-order chi connectivity index (χ0) is 9.97. The first-order chi connectivity index (χ1) is 6.74. The molecule has 4 nitrogen and oxygen atoms in total. The summed E-state index contributed by atoms with van der Waals surface area (Å²) in [6.45, 7) is 4.41. The van der Waals surface area contributed by atoms with E-state index < -0.39 is 0 Å². The molecule has 0 radical (unpaired) electrons. The van der Waals surface area contributed by atoms with E-state index in [1.54, 1.807) is 0 Å². The number of hydrogen-bond donors (Lipinski definition) is 1. The molecule has 0 saturated carbocycles. The third-order valence-corrected chi connectivity index (χ3v) is 1.86. The minimum Gasteiger partial charge on any atom is -0.465 e. The van der Waals surface area contributed by atoms with Gasteiger partial charge in [0.05, 0.1) is 12.2 Å². The maximum Gasteiger partial charge on any atom is 0.225 e. The Morgan fingerprint density at radius 2 is 2.21 bits per heavy atom. The van der Waals surface area contributed by atoms with Crippen LogP contribution in [0.2, 0.25) is 0 Å². The second-order valence-electron chi connectivity index (χ2n) is 3.20. The maximum atomic E-state index is 5.39. The van der Waals surface area contributed by atoms with Gasteiger partial charge in [0.2, 0.25) is 5.88 Å². The molecule has 2 aromatic rings. The van der Waals surface area contributed by atoms with Crippen molar-refractivity contribution < 1.29 is 8.94 Å². The van der Waals surface area contributed by atoms with Crippen LogP contribution in [0.3, 0.4) is 0 Å². The molecule has 2 rings (SSSR count). The summed E-state index contributed by atoms with van der Waals surface area (Å²) >= 11 is 0. The van der Waals surface area contributed by atoms with Gasteiger partial charge in [-0.05, 0) is 26.0 Å². The number of rotatable bonds is 3. The molecule has 4 heteroatoms. The molecule has 2 aromatic heterocycles. The standard InChI is InChI=1S/C10H12N2O2/c1-7-5-10(14-12-7)11-6-9-4-3-8(2)13-9/h3-5,11H,6H2,1-2H3. The van der Waals surface area contributed by atoms with Crippen molar-refractivity contribution in [3.63, 3.8) is 0 Å². The highest BCUT2D eigenvalue weighted by Crippen LogP contribution is 2.12. The van der Waals surface area contributed by atoms with E-state index >= 15 is 0 Å². The maximum absolute atomic E-state index is 5.39. The van der Waals surface area contributed by atoms with Crippen LogP contribution in [0.4, 0.5) is 5.88 Å². The van der Waals surface area contributed by atoms with E-state index in [0.717, 1.165) is 17.2 Å². The third-order valence-electron chi connectivity index (χ3n) is 1.86. The number of aromatic nitrogens is 1. The average Bonchev–Trinajstić information content (AvgIpc) is 2.72. The van der Waals surface area contributed by atoms with Gasteiger partial charge in [-0.15, -0.1) is 0 Å². The van der Waals surface area contributed by atoms with E-state index in [1.807, 2.05) is 32.0 Å². The quantitative estimate of drug-likeness (QED) is 0.811. The Balaban J connectivity index is 1.94. The second kappa shape index (κ2) is 3.57. The SMILES string of the molecule is Cc1cc(NCc2ccc(C)o2)on1. The van der Waals surface area contributed by atoms with Crippen LogP contribution in [0.25, 0.3) is 0 Å². The monoisotopic (exact) mass is 192 g/mol. The molecule has 0 atom stereocenters. The molecule has 0 bridgehead atoms. The van der Waals surface area contributed by atoms with Crippen LogP contribution < -0.4 is 5.32 Å². The normalized spacial score (nSPS) is 10.4. The van der Waals surface area contributed by atoms with Crippen LogP contribution in [0, 0.1) is 13.8 Å². The lowest BCUT2D eigenvalue weighted by Crippen LogP contribution is -1.96. The molecule has 0 aliphatic carbocycles. The van der Waals surface area contributed by atoms with Gasteiger partial charge in [-0.25, -0.2) is 0 Å². The van der Waals surface area contributed by atoms with E-state index in [4.69, 9.17) is 8.94 Å². The molecule has 14 heavy (non-hydrogen) atoms. The van der Waals surface area contributed by atoms with E-state index in [0.29, 0.717) is 12.4 Å². The van der Waals surface area contributed by atoms with Gasteiger partial charge in [0.15, 0.2) is 0 Å². The smallest absolute Gasteiger partial charge is 0.225 e. The number of anilines is 1. The lowest BCUT2D eigenvalue weighted by atomic mass is 10.4. The summed E-state index contributed by atoms with van der Waals surface area (Å²) in [5.74, 6) is 2.46. The molecule has 0 spiro atoms. The van der Waals surface area contributed by atoms with Crippen molar-refractivity contribution in [1.29, 1.82) is 0 Å². The average molecular weight is 192 g/mol. The largest absolute Gasteiger partial charge is 0.465 e. The van der Waals surface area contributed by atoms with E-state index in [1.165, 1.54) is 0 Å². The first-order valence-electron chi connectivity index (χ1n) is 4.46.